The first kappa shape index (κ1) is 22.3. The summed E-state index contributed by atoms with van der Waals surface area (Å²) in [6.45, 7) is 4.50. The number of ether oxygens (including phenoxy) is 2. The van der Waals surface area contributed by atoms with E-state index in [2.05, 4.69) is 17.6 Å². The van der Waals surface area contributed by atoms with Gasteiger partial charge in [-0.05, 0) is 67.5 Å². The number of rotatable bonds is 8. The number of hydrogen-bond donors (Lipinski definition) is 2. The van der Waals surface area contributed by atoms with Crippen molar-refractivity contribution in [3.8, 4) is 11.5 Å². The quantitative estimate of drug-likeness (QED) is 0.454. The van der Waals surface area contributed by atoms with Gasteiger partial charge in [-0.25, -0.2) is 0 Å². The summed E-state index contributed by atoms with van der Waals surface area (Å²) in [5.41, 5.74) is 2.24. The first-order valence-corrected chi connectivity index (χ1v) is 10.6. The summed E-state index contributed by atoms with van der Waals surface area (Å²) < 4.78 is 11.7. The molecular formula is C25H26N2O3S. The Morgan fingerprint density at radius 3 is 2.35 bits per heavy atom. The number of thiocarbonyl (C=S) groups is 1. The highest BCUT2D eigenvalue weighted by atomic mass is 32.1. The normalized spacial score (nSPS) is 11.3. The van der Waals surface area contributed by atoms with Crippen LogP contribution in [0.2, 0.25) is 0 Å². The fourth-order valence-corrected chi connectivity index (χ4v) is 2.96. The van der Waals surface area contributed by atoms with Gasteiger partial charge in [-0.1, -0.05) is 49.4 Å². The molecule has 0 fully saturated rings. The standard InChI is InChI=1S/C25H26N2O3S/c1-3-18(2)30-21-15-13-20(14-16-21)24(28)27-25(31)26-22-11-7-8-12-23(22)29-17-19-9-5-4-6-10-19/h4-16,18H,3,17H2,1-2H3,(H2,26,27,28,31). The SMILES string of the molecule is CCC(C)Oc1ccc(C(=O)NC(=S)Nc2ccccc2OCc2ccccc2)cc1. The average Bonchev–Trinajstić information content (AvgIpc) is 2.79. The van der Waals surface area contributed by atoms with Crippen LogP contribution in [0.3, 0.4) is 0 Å². The molecule has 0 saturated heterocycles. The maximum atomic E-state index is 12.5. The predicted molar refractivity (Wildman–Crippen MR) is 128 cm³/mol. The van der Waals surface area contributed by atoms with E-state index in [-0.39, 0.29) is 17.1 Å². The van der Waals surface area contributed by atoms with Gasteiger partial charge in [0.2, 0.25) is 0 Å². The maximum absolute atomic E-state index is 12.5. The van der Waals surface area contributed by atoms with Crippen molar-refractivity contribution in [2.45, 2.75) is 33.0 Å². The summed E-state index contributed by atoms with van der Waals surface area (Å²) in [7, 11) is 0. The molecule has 3 rings (SSSR count). The third-order valence-corrected chi connectivity index (χ3v) is 4.83. The topological polar surface area (TPSA) is 59.6 Å². The first-order chi connectivity index (χ1) is 15.0. The van der Waals surface area contributed by atoms with Crippen LogP contribution in [-0.4, -0.2) is 17.1 Å². The Morgan fingerprint density at radius 1 is 0.968 bits per heavy atom. The van der Waals surface area contributed by atoms with Crippen LogP contribution >= 0.6 is 12.2 Å². The first-order valence-electron chi connectivity index (χ1n) is 10.2. The zero-order valence-corrected chi connectivity index (χ0v) is 18.4. The van der Waals surface area contributed by atoms with E-state index < -0.39 is 0 Å². The van der Waals surface area contributed by atoms with Crippen LogP contribution in [0.15, 0.2) is 78.9 Å². The second-order valence-electron chi connectivity index (χ2n) is 7.04. The molecule has 0 radical (unpaired) electrons. The molecule has 3 aromatic rings. The largest absolute Gasteiger partial charge is 0.491 e. The van der Waals surface area contributed by atoms with Crippen molar-refractivity contribution in [2.24, 2.45) is 0 Å². The Kier molecular flexibility index (Phi) is 8.01. The van der Waals surface area contributed by atoms with Gasteiger partial charge in [0.05, 0.1) is 11.8 Å². The molecule has 1 amide bonds. The molecule has 0 saturated carbocycles. The number of anilines is 1. The molecule has 6 heteroatoms. The summed E-state index contributed by atoms with van der Waals surface area (Å²) >= 11 is 5.32. The van der Waals surface area contributed by atoms with Crippen molar-refractivity contribution < 1.29 is 14.3 Å². The second kappa shape index (κ2) is 11.1. The second-order valence-corrected chi connectivity index (χ2v) is 7.45. The average molecular weight is 435 g/mol. The zero-order chi connectivity index (χ0) is 22.1. The number of carbonyl (C=O) groups is 1. The van der Waals surface area contributed by atoms with E-state index in [0.717, 1.165) is 17.7 Å². The number of hydrogen-bond acceptors (Lipinski definition) is 4. The monoisotopic (exact) mass is 434 g/mol. The number of para-hydroxylation sites is 2. The van der Waals surface area contributed by atoms with Gasteiger partial charge in [-0.2, -0.15) is 0 Å². The highest BCUT2D eigenvalue weighted by Crippen LogP contribution is 2.24. The van der Waals surface area contributed by atoms with E-state index in [1.165, 1.54) is 0 Å². The fourth-order valence-electron chi connectivity index (χ4n) is 2.76. The van der Waals surface area contributed by atoms with Crippen molar-refractivity contribution >= 4 is 28.9 Å². The van der Waals surface area contributed by atoms with Crippen molar-refractivity contribution in [2.75, 3.05) is 5.32 Å². The smallest absolute Gasteiger partial charge is 0.257 e. The minimum atomic E-state index is -0.296. The maximum Gasteiger partial charge on any atom is 0.257 e. The lowest BCUT2D eigenvalue weighted by molar-refractivity contribution is 0.0977. The number of amides is 1. The van der Waals surface area contributed by atoms with E-state index >= 15 is 0 Å². The van der Waals surface area contributed by atoms with Crippen molar-refractivity contribution in [3.63, 3.8) is 0 Å². The molecule has 0 aromatic heterocycles. The molecule has 0 heterocycles. The third-order valence-electron chi connectivity index (χ3n) is 4.63. The van der Waals surface area contributed by atoms with Crippen molar-refractivity contribution in [1.82, 2.24) is 5.32 Å². The minimum Gasteiger partial charge on any atom is -0.491 e. The molecule has 0 aliphatic rings. The van der Waals surface area contributed by atoms with Crippen LogP contribution in [0.4, 0.5) is 5.69 Å². The summed E-state index contributed by atoms with van der Waals surface area (Å²) in [4.78, 5) is 12.5. The summed E-state index contributed by atoms with van der Waals surface area (Å²) in [6, 6.07) is 24.4. The van der Waals surface area contributed by atoms with E-state index in [1.54, 1.807) is 24.3 Å². The molecule has 1 unspecified atom stereocenters. The summed E-state index contributed by atoms with van der Waals surface area (Å²) in [6.07, 6.45) is 1.04. The highest BCUT2D eigenvalue weighted by molar-refractivity contribution is 7.80. The molecule has 3 aromatic carbocycles. The number of benzene rings is 3. The lowest BCUT2D eigenvalue weighted by Gasteiger charge is -2.15. The molecule has 0 spiro atoms. The molecule has 160 valence electrons. The van der Waals surface area contributed by atoms with Gasteiger partial charge in [0, 0.05) is 5.56 Å². The minimum absolute atomic E-state index is 0.126. The molecular weight excluding hydrogens is 408 g/mol. The van der Waals surface area contributed by atoms with Gasteiger partial charge in [0.15, 0.2) is 5.11 Å². The van der Waals surface area contributed by atoms with Crippen LogP contribution in [0.25, 0.3) is 0 Å². The van der Waals surface area contributed by atoms with Gasteiger partial charge in [-0.15, -0.1) is 0 Å². The van der Waals surface area contributed by atoms with Crippen molar-refractivity contribution in [3.05, 3.63) is 90.0 Å². The Morgan fingerprint density at radius 2 is 1.65 bits per heavy atom. The van der Waals surface area contributed by atoms with E-state index in [9.17, 15) is 4.79 Å². The number of nitrogens with one attached hydrogen (secondary N) is 2. The Bertz CT molecular complexity index is 1010. The molecule has 5 nitrogen and oxygen atoms in total. The van der Waals surface area contributed by atoms with Gasteiger partial charge in [-0.3, -0.25) is 10.1 Å². The Hall–Kier alpha value is -3.38. The van der Waals surface area contributed by atoms with Crippen LogP contribution in [0, 0.1) is 0 Å². The van der Waals surface area contributed by atoms with Crippen LogP contribution in [0.1, 0.15) is 36.2 Å². The molecule has 0 aliphatic carbocycles. The van der Waals surface area contributed by atoms with E-state index in [4.69, 9.17) is 21.7 Å². The van der Waals surface area contributed by atoms with Crippen molar-refractivity contribution in [1.29, 1.82) is 0 Å². The Labute approximate surface area is 188 Å². The Balaban J connectivity index is 1.57. The zero-order valence-electron chi connectivity index (χ0n) is 17.6. The van der Waals surface area contributed by atoms with Gasteiger partial charge >= 0.3 is 0 Å². The van der Waals surface area contributed by atoms with E-state index in [1.807, 2.05) is 61.5 Å². The predicted octanol–water partition coefficient (Wildman–Crippen LogP) is 5.57. The molecule has 1 atom stereocenters. The van der Waals surface area contributed by atoms with Crippen LogP contribution in [0.5, 0.6) is 11.5 Å². The van der Waals surface area contributed by atoms with Crippen LogP contribution in [-0.2, 0) is 6.61 Å². The summed E-state index contributed by atoms with van der Waals surface area (Å²) in [5, 5.41) is 5.94. The summed E-state index contributed by atoms with van der Waals surface area (Å²) in [5.74, 6) is 1.08. The third kappa shape index (κ3) is 6.83. The number of carbonyl (C=O) groups excluding carboxylic acids is 1. The van der Waals surface area contributed by atoms with Crippen LogP contribution < -0.4 is 20.1 Å². The van der Waals surface area contributed by atoms with Gasteiger partial charge in [0.25, 0.3) is 5.91 Å². The highest BCUT2D eigenvalue weighted by Gasteiger charge is 2.11. The van der Waals surface area contributed by atoms with Gasteiger partial charge < -0.3 is 14.8 Å². The lowest BCUT2D eigenvalue weighted by Crippen LogP contribution is -2.34. The molecule has 0 bridgehead atoms. The molecule has 0 aliphatic heterocycles. The fraction of sp³-hybridized carbons (Fsp3) is 0.200. The van der Waals surface area contributed by atoms with Gasteiger partial charge in [0.1, 0.15) is 18.1 Å². The van der Waals surface area contributed by atoms with E-state index in [0.29, 0.717) is 23.6 Å². The lowest BCUT2D eigenvalue weighted by atomic mass is 10.2. The molecule has 2 N–H and O–H groups in total. The molecule has 31 heavy (non-hydrogen) atoms.